The predicted molar refractivity (Wildman–Crippen MR) is 67.1 cm³/mol. The largest absolute Gasteiger partial charge is 0.294 e. The first-order valence-corrected chi connectivity index (χ1v) is 5.96. The van der Waals surface area contributed by atoms with Gasteiger partial charge in [0.2, 0.25) is 0 Å². The second-order valence-electron chi connectivity index (χ2n) is 4.59. The third-order valence-corrected chi connectivity index (χ3v) is 2.54. The molecule has 2 aromatic rings. The second-order valence-corrected chi connectivity index (χ2v) is 4.59. The van der Waals surface area contributed by atoms with Crippen molar-refractivity contribution in [3.63, 3.8) is 0 Å². The molecule has 0 aliphatic rings. The van der Waals surface area contributed by atoms with Gasteiger partial charge in [0.05, 0.1) is 6.42 Å². The average molecular weight is 244 g/mol. The van der Waals surface area contributed by atoms with Crippen molar-refractivity contribution in [3.8, 4) is 0 Å². The molecule has 0 saturated heterocycles. The summed E-state index contributed by atoms with van der Waals surface area (Å²) in [7, 11) is 0. The maximum atomic E-state index is 12.0. The average Bonchev–Trinajstić information content (AvgIpc) is 2.77. The van der Waals surface area contributed by atoms with Crippen LogP contribution in [0.3, 0.4) is 0 Å². The molecule has 2 aromatic heterocycles. The van der Waals surface area contributed by atoms with Crippen LogP contribution in [0.15, 0.2) is 30.9 Å². The van der Waals surface area contributed by atoms with Gasteiger partial charge in [-0.05, 0) is 18.1 Å². The van der Waals surface area contributed by atoms with Gasteiger partial charge in [0, 0.05) is 24.5 Å². The van der Waals surface area contributed by atoms with Crippen LogP contribution in [0, 0.1) is 5.92 Å². The number of carbonyl (C=O) groups excluding carboxylic acids is 1. The first-order valence-electron chi connectivity index (χ1n) is 5.96. The molecule has 0 saturated carbocycles. The number of carbonyl (C=O) groups is 1. The van der Waals surface area contributed by atoms with E-state index in [0.29, 0.717) is 17.3 Å². The molecular formula is C13H16N4O. The first kappa shape index (κ1) is 12.4. The summed E-state index contributed by atoms with van der Waals surface area (Å²) in [4.78, 5) is 20.1. The molecule has 0 fully saturated rings. The van der Waals surface area contributed by atoms with Crippen LogP contribution in [0.4, 0.5) is 0 Å². The maximum Gasteiger partial charge on any atom is 0.171 e. The number of aromatic nitrogens is 4. The maximum absolute atomic E-state index is 12.0. The Bertz CT molecular complexity index is 519. The fourth-order valence-electron chi connectivity index (χ4n) is 1.70. The summed E-state index contributed by atoms with van der Waals surface area (Å²) < 4.78 is 1.79. The van der Waals surface area contributed by atoms with Gasteiger partial charge < -0.3 is 0 Å². The van der Waals surface area contributed by atoms with Crippen molar-refractivity contribution in [1.82, 2.24) is 19.7 Å². The van der Waals surface area contributed by atoms with Gasteiger partial charge in [0.1, 0.15) is 12.2 Å². The Morgan fingerprint density at radius 1 is 1.44 bits per heavy atom. The molecule has 5 heteroatoms. The van der Waals surface area contributed by atoms with E-state index in [9.17, 15) is 4.79 Å². The quantitative estimate of drug-likeness (QED) is 0.752. The number of Topliss-reactive ketones (excluding diaryl/α,β-unsaturated/α-hetero) is 1. The Balaban J connectivity index is 2.10. The molecule has 18 heavy (non-hydrogen) atoms. The lowest BCUT2D eigenvalue weighted by Gasteiger charge is -2.07. The summed E-state index contributed by atoms with van der Waals surface area (Å²) >= 11 is 0. The Morgan fingerprint density at radius 3 is 2.94 bits per heavy atom. The zero-order valence-electron chi connectivity index (χ0n) is 10.6. The summed E-state index contributed by atoms with van der Waals surface area (Å²) in [5.41, 5.74) is 0.608. The monoisotopic (exact) mass is 244 g/mol. The van der Waals surface area contributed by atoms with E-state index in [1.165, 1.54) is 6.33 Å². The van der Waals surface area contributed by atoms with Crippen LogP contribution in [0.25, 0.3) is 0 Å². The molecule has 94 valence electrons. The minimum absolute atomic E-state index is 0.0149. The molecule has 0 radical (unpaired) electrons. The lowest BCUT2D eigenvalue weighted by Crippen LogP contribution is -2.14. The smallest absolute Gasteiger partial charge is 0.171 e. The molecule has 0 aliphatic heterocycles. The van der Waals surface area contributed by atoms with Crippen LogP contribution in [0.2, 0.25) is 0 Å². The van der Waals surface area contributed by atoms with Gasteiger partial charge in [-0.15, -0.1) is 0 Å². The summed E-state index contributed by atoms with van der Waals surface area (Å²) in [6.45, 7) is 4.98. The second kappa shape index (κ2) is 5.53. The standard InChI is InChI=1S/C13H16N4O/c1-10(2)8-17-13(15-9-16-17)6-12(18)11-4-3-5-14-7-11/h3-5,7,9-10H,6,8H2,1-2H3. The van der Waals surface area contributed by atoms with Gasteiger partial charge in [0.25, 0.3) is 0 Å². The third-order valence-electron chi connectivity index (χ3n) is 2.54. The normalized spacial score (nSPS) is 10.8. The molecule has 0 atom stereocenters. The topological polar surface area (TPSA) is 60.7 Å². The molecule has 0 spiro atoms. The Hall–Kier alpha value is -2.04. The van der Waals surface area contributed by atoms with E-state index in [4.69, 9.17) is 0 Å². The highest BCUT2D eigenvalue weighted by Crippen LogP contribution is 2.06. The van der Waals surface area contributed by atoms with Gasteiger partial charge in [-0.2, -0.15) is 5.10 Å². The number of hydrogen-bond donors (Lipinski definition) is 0. The fourth-order valence-corrected chi connectivity index (χ4v) is 1.70. The van der Waals surface area contributed by atoms with Crippen LogP contribution in [-0.4, -0.2) is 25.5 Å². The van der Waals surface area contributed by atoms with Crippen LogP contribution in [0.1, 0.15) is 30.0 Å². The van der Waals surface area contributed by atoms with Crippen LogP contribution in [-0.2, 0) is 13.0 Å². The lowest BCUT2D eigenvalue weighted by atomic mass is 10.1. The number of ketones is 1. The van der Waals surface area contributed by atoms with Gasteiger partial charge in [0.15, 0.2) is 5.78 Å². The van der Waals surface area contributed by atoms with Gasteiger partial charge in [-0.1, -0.05) is 13.8 Å². The first-order chi connectivity index (χ1) is 8.66. The van der Waals surface area contributed by atoms with Crippen LogP contribution >= 0.6 is 0 Å². The fraction of sp³-hybridized carbons (Fsp3) is 0.385. The molecule has 5 nitrogen and oxygen atoms in total. The molecular weight excluding hydrogens is 228 g/mol. The van der Waals surface area contributed by atoms with Crippen LogP contribution in [0.5, 0.6) is 0 Å². The van der Waals surface area contributed by atoms with Crippen molar-refractivity contribution in [1.29, 1.82) is 0 Å². The SMILES string of the molecule is CC(C)Cn1ncnc1CC(=O)c1cccnc1. The van der Waals surface area contributed by atoms with Crippen LogP contribution < -0.4 is 0 Å². The van der Waals surface area contributed by atoms with Gasteiger partial charge in [-0.3, -0.25) is 9.78 Å². The van der Waals surface area contributed by atoms with E-state index in [1.807, 2.05) is 0 Å². The number of nitrogens with zero attached hydrogens (tertiary/aromatic N) is 4. The summed E-state index contributed by atoms with van der Waals surface area (Å²) in [5.74, 6) is 1.19. The van der Waals surface area contributed by atoms with E-state index in [-0.39, 0.29) is 12.2 Å². The highest BCUT2D eigenvalue weighted by atomic mass is 16.1. The van der Waals surface area contributed by atoms with E-state index < -0.39 is 0 Å². The predicted octanol–water partition coefficient (Wildman–Crippen LogP) is 1.75. The van der Waals surface area contributed by atoms with E-state index in [1.54, 1.807) is 29.2 Å². The number of rotatable bonds is 5. The summed E-state index contributed by atoms with van der Waals surface area (Å²) in [6, 6.07) is 3.52. The molecule has 0 aromatic carbocycles. The minimum Gasteiger partial charge on any atom is -0.294 e. The van der Waals surface area contributed by atoms with Crippen molar-refractivity contribution in [2.24, 2.45) is 5.92 Å². The lowest BCUT2D eigenvalue weighted by molar-refractivity contribution is 0.0988. The zero-order chi connectivity index (χ0) is 13.0. The molecule has 0 bridgehead atoms. The number of hydrogen-bond acceptors (Lipinski definition) is 4. The molecule has 2 rings (SSSR count). The van der Waals surface area contributed by atoms with E-state index in [2.05, 4.69) is 28.9 Å². The van der Waals surface area contributed by atoms with E-state index in [0.717, 1.165) is 6.54 Å². The minimum atomic E-state index is 0.0149. The zero-order valence-corrected chi connectivity index (χ0v) is 10.6. The summed E-state index contributed by atoms with van der Waals surface area (Å²) in [6.07, 6.45) is 4.98. The molecule has 0 aliphatic carbocycles. The highest BCUT2D eigenvalue weighted by Gasteiger charge is 2.12. The van der Waals surface area contributed by atoms with Crippen molar-refractivity contribution < 1.29 is 4.79 Å². The van der Waals surface area contributed by atoms with Crippen molar-refractivity contribution in [3.05, 3.63) is 42.2 Å². The summed E-state index contributed by atoms with van der Waals surface area (Å²) in [5, 5.41) is 4.14. The van der Waals surface area contributed by atoms with Gasteiger partial charge >= 0.3 is 0 Å². The Kier molecular flexibility index (Phi) is 3.82. The molecule has 0 unspecified atom stereocenters. The third kappa shape index (κ3) is 3.00. The molecule has 2 heterocycles. The van der Waals surface area contributed by atoms with E-state index >= 15 is 0 Å². The highest BCUT2D eigenvalue weighted by molar-refractivity contribution is 5.96. The van der Waals surface area contributed by atoms with Crippen molar-refractivity contribution in [2.45, 2.75) is 26.8 Å². The van der Waals surface area contributed by atoms with Crippen molar-refractivity contribution in [2.75, 3.05) is 0 Å². The number of pyridine rings is 1. The van der Waals surface area contributed by atoms with Crippen molar-refractivity contribution >= 4 is 5.78 Å². The Labute approximate surface area is 106 Å². The Morgan fingerprint density at radius 2 is 2.28 bits per heavy atom. The molecule has 0 N–H and O–H groups in total. The molecule has 0 amide bonds. The van der Waals surface area contributed by atoms with Gasteiger partial charge in [-0.25, -0.2) is 9.67 Å².